The van der Waals surface area contributed by atoms with Crippen molar-refractivity contribution >= 4 is 11.5 Å². The van der Waals surface area contributed by atoms with Crippen LogP contribution in [0.25, 0.3) is 5.57 Å². The van der Waals surface area contributed by atoms with Crippen molar-refractivity contribution in [1.29, 1.82) is 0 Å². The minimum absolute atomic E-state index is 0.376. The number of hydrogen-bond donors (Lipinski definition) is 1. The van der Waals surface area contributed by atoms with E-state index in [4.69, 9.17) is 9.84 Å². The van der Waals surface area contributed by atoms with Crippen LogP contribution in [-0.4, -0.2) is 18.2 Å². The van der Waals surface area contributed by atoms with Crippen LogP contribution in [0.2, 0.25) is 0 Å². The van der Waals surface area contributed by atoms with E-state index in [1.54, 1.807) is 7.11 Å². The first-order valence-electron chi connectivity index (χ1n) is 4.73. The Morgan fingerprint density at radius 2 is 1.93 bits per heavy atom. The van der Waals surface area contributed by atoms with Crippen LogP contribution in [0.4, 0.5) is 0 Å². The molecule has 0 saturated carbocycles. The number of carbonyl (C=O) groups is 1. The molecule has 1 unspecified atom stereocenters. The predicted molar refractivity (Wildman–Crippen MR) is 56.7 cm³/mol. The second-order valence-electron chi connectivity index (χ2n) is 3.60. The monoisotopic (exact) mass is 204 g/mol. The minimum atomic E-state index is -0.765. The summed E-state index contributed by atoms with van der Waals surface area (Å²) in [5, 5.41) is 8.89. The molecule has 0 radical (unpaired) electrons. The maximum absolute atomic E-state index is 10.8. The van der Waals surface area contributed by atoms with Gasteiger partial charge in [0, 0.05) is 0 Å². The van der Waals surface area contributed by atoms with Gasteiger partial charge in [-0.3, -0.25) is 4.79 Å². The van der Waals surface area contributed by atoms with E-state index in [-0.39, 0.29) is 5.92 Å². The Labute approximate surface area is 88.0 Å². The molecule has 0 spiro atoms. The molecular weight excluding hydrogens is 192 g/mol. The van der Waals surface area contributed by atoms with Crippen LogP contribution < -0.4 is 4.74 Å². The van der Waals surface area contributed by atoms with Gasteiger partial charge < -0.3 is 9.84 Å². The van der Waals surface area contributed by atoms with E-state index >= 15 is 0 Å². The van der Waals surface area contributed by atoms with Crippen LogP contribution in [0.15, 0.2) is 29.8 Å². The molecule has 2 rings (SSSR count). The lowest BCUT2D eigenvalue weighted by Gasteiger charge is -2.00. The molecule has 1 aliphatic rings. The van der Waals surface area contributed by atoms with Crippen molar-refractivity contribution in [3.8, 4) is 5.75 Å². The van der Waals surface area contributed by atoms with Gasteiger partial charge in [0.15, 0.2) is 0 Å². The van der Waals surface area contributed by atoms with Crippen LogP contribution in [0, 0.1) is 5.92 Å². The zero-order chi connectivity index (χ0) is 11.0. The summed E-state index contributed by atoms with van der Waals surface area (Å²) >= 11 is 0. The quantitative estimate of drug-likeness (QED) is 0.820. The SMILES string of the molecule is COc1ccc(C2=C(C)C2C(=O)O)cc1. The van der Waals surface area contributed by atoms with Crippen molar-refractivity contribution < 1.29 is 14.6 Å². The molecule has 15 heavy (non-hydrogen) atoms. The summed E-state index contributed by atoms with van der Waals surface area (Å²) in [5.74, 6) is -0.360. The van der Waals surface area contributed by atoms with Crippen molar-refractivity contribution in [3.05, 3.63) is 35.4 Å². The Morgan fingerprint density at radius 3 is 2.33 bits per heavy atom. The van der Waals surface area contributed by atoms with E-state index in [1.807, 2.05) is 31.2 Å². The van der Waals surface area contributed by atoms with Gasteiger partial charge in [-0.25, -0.2) is 0 Å². The zero-order valence-corrected chi connectivity index (χ0v) is 8.65. The van der Waals surface area contributed by atoms with Crippen molar-refractivity contribution in [1.82, 2.24) is 0 Å². The van der Waals surface area contributed by atoms with Crippen molar-refractivity contribution in [2.24, 2.45) is 5.92 Å². The third kappa shape index (κ3) is 1.61. The maximum atomic E-state index is 10.8. The summed E-state index contributed by atoms with van der Waals surface area (Å²) in [5.41, 5.74) is 2.86. The lowest BCUT2D eigenvalue weighted by atomic mass is 10.1. The van der Waals surface area contributed by atoms with Crippen LogP contribution >= 0.6 is 0 Å². The highest BCUT2D eigenvalue weighted by Gasteiger charge is 2.39. The number of methoxy groups -OCH3 is 1. The smallest absolute Gasteiger partial charge is 0.315 e. The largest absolute Gasteiger partial charge is 0.497 e. The van der Waals surface area contributed by atoms with E-state index in [9.17, 15) is 4.79 Å². The fourth-order valence-corrected chi connectivity index (χ4v) is 1.80. The molecule has 1 aromatic rings. The number of hydrogen-bond acceptors (Lipinski definition) is 2. The van der Waals surface area contributed by atoms with Crippen molar-refractivity contribution in [3.63, 3.8) is 0 Å². The standard InChI is InChI=1S/C12H12O3/c1-7-10(11(7)12(13)14)8-3-5-9(15-2)6-4-8/h3-6,11H,1-2H3,(H,13,14). The van der Waals surface area contributed by atoms with Crippen LogP contribution in [0.1, 0.15) is 12.5 Å². The molecular formula is C12H12O3. The molecule has 0 heterocycles. The molecule has 1 aromatic carbocycles. The molecule has 0 bridgehead atoms. The molecule has 0 saturated heterocycles. The summed E-state index contributed by atoms with van der Waals surface area (Å²) in [6.07, 6.45) is 0. The van der Waals surface area contributed by atoms with Gasteiger partial charge in [0.25, 0.3) is 0 Å². The molecule has 3 heteroatoms. The topological polar surface area (TPSA) is 46.5 Å². The van der Waals surface area contributed by atoms with Crippen LogP contribution in [0.3, 0.4) is 0 Å². The first-order valence-corrected chi connectivity index (χ1v) is 4.73. The molecule has 1 aliphatic carbocycles. The summed E-state index contributed by atoms with van der Waals surface area (Å²) in [6, 6.07) is 7.46. The summed E-state index contributed by atoms with van der Waals surface area (Å²) < 4.78 is 5.04. The highest BCUT2D eigenvalue weighted by molar-refractivity contribution is 6.02. The average Bonchev–Trinajstić information content (AvgIpc) is 2.90. The van der Waals surface area contributed by atoms with Gasteiger partial charge in [-0.1, -0.05) is 12.1 Å². The Hall–Kier alpha value is -1.77. The fourth-order valence-electron chi connectivity index (χ4n) is 1.80. The first-order chi connectivity index (χ1) is 7.15. The molecule has 0 amide bonds. The van der Waals surface area contributed by atoms with E-state index in [2.05, 4.69) is 0 Å². The molecule has 78 valence electrons. The Bertz CT molecular complexity index is 429. The molecule has 0 aromatic heterocycles. The van der Waals surface area contributed by atoms with E-state index < -0.39 is 5.97 Å². The number of ether oxygens (including phenoxy) is 1. The van der Waals surface area contributed by atoms with Gasteiger partial charge in [-0.05, 0) is 35.8 Å². The molecule has 0 fully saturated rings. The lowest BCUT2D eigenvalue weighted by Crippen LogP contribution is -2.01. The van der Waals surface area contributed by atoms with E-state index in [1.165, 1.54) is 0 Å². The minimum Gasteiger partial charge on any atom is -0.497 e. The van der Waals surface area contributed by atoms with Gasteiger partial charge in [0.2, 0.25) is 0 Å². The second kappa shape index (κ2) is 3.42. The first kappa shape index (κ1) is 9.77. The number of carboxylic acid groups (broad SMARTS) is 1. The molecule has 0 aliphatic heterocycles. The van der Waals surface area contributed by atoms with Crippen LogP contribution in [0.5, 0.6) is 5.75 Å². The van der Waals surface area contributed by atoms with Crippen LogP contribution in [-0.2, 0) is 4.79 Å². The number of aliphatic carboxylic acids is 1. The summed E-state index contributed by atoms with van der Waals surface area (Å²) in [6.45, 7) is 1.86. The molecule has 1 N–H and O–H groups in total. The maximum Gasteiger partial charge on any atom is 0.315 e. The summed E-state index contributed by atoms with van der Waals surface area (Å²) in [4.78, 5) is 10.8. The van der Waals surface area contributed by atoms with Gasteiger partial charge in [0.05, 0.1) is 7.11 Å². The summed E-state index contributed by atoms with van der Waals surface area (Å²) in [7, 11) is 1.61. The predicted octanol–water partition coefficient (Wildman–Crippen LogP) is 2.18. The zero-order valence-electron chi connectivity index (χ0n) is 8.65. The Morgan fingerprint density at radius 1 is 1.33 bits per heavy atom. The number of carboxylic acids is 1. The highest BCUT2D eigenvalue weighted by atomic mass is 16.5. The third-order valence-corrected chi connectivity index (χ3v) is 2.71. The normalized spacial score (nSPS) is 18.9. The number of rotatable bonds is 3. The number of benzene rings is 1. The van der Waals surface area contributed by atoms with Gasteiger partial charge in [0.1, 0.15) is 11.7 Å². The van der Waals surface area contributed by atoms with Gasteiger partial charge >= 0.3 is 5.97 Å². The third-order valence-electron chi connectivity index (χ3n) is 2.71. The molecule has 3 nitrogen and oxygen atoms in total. The lowest BCUT2D eigenvalue weighted by molar-refractivity contribution is -0.137. The second-order valence-corrected chi connectivity index (χ2v) is 3.60. The van der Waals surface area contributed by atoms with E-state index in [0.717, 1.165) is 22.5 Å². The molecule has 1 atom stereocenters. The van der Waals surface area contributed by atoms with E-state index in [0.29, 0.717) is 0 Å². The van der Waals surface area contributed by atoms with Crippen molar-refractivity contribution in [2.75, 3.05) is 7.11 Å². The Kier molecular flexibility index (Phi) is 2.23. The van der Waals surface area contributed by atoms with Gasteiger partial charge in [-0.2, -0.15) is 0 Å². The van der Waals surface area contributed by atoms with Crippen molar-refractivity contribution in [2.45, 2.75) is 6.92 Å². The highest BCUT2D eigenvalue weighted by Crippen LogP contribution is 2.46. The average molecular weight is 204 g/mol. The Balaban J connectivity index is 2.22. The van der Waals surface area contributed by atoms with Gasteiger partial charge in [-0.15, -0.1) is 0 Å². The fraction of sp³-hybridized carbons (Fsp3) is 0.250.